The molecule has 0 fully saturated rings. The minimum Gasteiger partial charge on any atom is -0.146 e. The maximum Gasteiger partial charge on any atom is 0.508 e. The predicted molar refractivity (Wildman–Crippen MR) is 95.1 cm³/mol. The summed E-state index contributed by atoms with van der Waals surface area (Å²) in [6.07, 6.45) is 15.8. The number of hydrogen-bond acceptors (Lipinski definition) is 2. The van der Waals surface area contributed by atoms with Gasteiger partial charge in [-0.05, 0) is 23.8 Å². The topological polar surface area (TPSA) is 26.3 Å². The van der Waals surface area contributed by atoms with Gasteiger partial charge in [0.1, 0.15) is 6.61 Å². The van der Waals surface area contributed by atoms with E-state index in [0.717, 1.165) is 19.0 Å². The van der Waals surface area contributed by atoms with Crippen molar-refractivity contribution in [2.45, 2.75) is 90.9 Å². The van der Waals surface area contributed by atoms with Crippen LogP contribution < -0.4 is 0 Å². The predicted octanol–water partition coefficient (Wildman–Crippen LogP) is 5.28. The first-order valence-corrected chi connectivity index (χ1v) is 9.75. The largest absolute Gasteiger partial charge is 0.508 e. The highest BCUT2D eigenvalue weighted by molar-refractivity contribution is 7.39. The summed E-state index contributed by atoms with van der Waals surface area (Å²) in [5, 5.41) is 0. The first-order chi connectivity index (χ1) is 9.31. The lowest BCUT2D eigenvalue weighted by Gasteiger charge is -1.98. The number of hydrogen-bond donors (Lipinski definition) is 0. The van der Waals surface area contributed by atoms with Crippen LogP contribution in [0, 0.1) is 0 Å². The lowest BCUT2D eigenvalue weighted by molar-refractivity contribution is 0.315. The first kappa shape index (κ1) is 22.9. The fourth-order valence-electron chi connectivity index (χ4n) is 2.13. The zero-order valence-electron chi connectivity index (χ0n) is 13.2. The summed E-state index contributed by atoms with van der Waals surface area (Å²) in [5.41, 5.74) is 0. The Balaban J connectivity index is 0. The second-order valence-corrected chi connectivity index (χ2v) is 6.80. The van der Waals surface area contributed by atoms with E-state index in [1.165, 1.54) is 64.2 Å². The van der Waals surface area contributed by atoms with Gasteiger partial charge < -0.3 is 0 Å². The van der Waals surface area contributed by atoms with E-state index in [4.69, 9.17) is 4.52 Å². The van der Waals surface area contributed by atoms with Gasteiger partial charge in [0.2, 0.25) is 0 Å². The van der Waals surface area contributed by atoms with Crippen LogP contribution in [0.3, 0.4) is 0 Å². The summed E-state index contributed by atoms with van der Waals surface area (Å²) in [4.78, 5) is 0. The first-order valence-electron chi connectivity index (χ1n) is 8.38. The summed E-state index contributed by atoms with van der Waals surface area (Å²) in [6.45, 7) is 5.15. The fourth-order valence-corrected chi connectivity index (χ4v) is 3.08. The van der Waals surface area contributed by atoms with Gasteiger partial charge in [0.15, 0.2) is 23.5 Å². The minimum atomic E-state index is -1.38. The highest BCUT2D eigenvalue weighted by Gasteiger charge is 2.15. The second kappa shape index (κ2) is 19.6. The molecule has 0 bridgehead atoms. The molecule has 2 nitrogen and oxygen atoms in total. The molecule has 0 aliphatic heterocycles. The SMILES string of the molecule is CCCCCCCCO[P+](=O)CCCCCCCC.[AlH3]. The minimum absolute atomic E-state index is 0. The molecule has 20 heavy (non-hydrogen) atoms. The molecule has 0 heterocycles. The van der Waals surface area contributed by atoms with Crippen LogP contribution in [0.25, 0.3) is 0 Å². The van der Waals surface area contributed by atoms with E-state index in [-0.39, 0.29) is 17.4 Å². The van der Waals surface area contributed by atoms with Crippen LogP contribution in [0.1, 0.15) is 90.9 Å². The highest BCUT2D eigenvalue weighted by atomic mass is 31.1. The molecule has 0 saturated heterocycles. The van der Waals surface area contributed by atoms with E-state index in [9.17, 15) is 4.57 Å². The zero-order valence-corrected chi connectivity index (χ0v) is 14.1. The van der Waals surface area contributed by atoms with Crippen LogP contribution >= 0.6 is 8.03 Å². The Bertz CT molecular complexity index is 201. The van der Waals surface area contributed by atoms with Crippen molar-refractivity contribution in [3.8, 4) is 0 Å². The quantitative estimate of drug-likeness (QED) is 0.233. The van der Waals surface area contributed by atoms with E-state index >= 15 is 0 Å². The summed E-state index contributed by atoms with van der Waals surface area (Å²) < 4.78 is 17.0. The smallest absolute Gasteiger partial charge is 0.146 e. The average molecular weight is 319 g/mol. The van der Waals surface area contributed by atoms with Crippen molar-refractivity contribution in [3.63, 3.8) is 0 Å². The molecule has 0 saturated carbocycles. The lowest BCUT2D eigenvalue weighted by Crippen LogP contribution is -1.90. The zero-order chi connectivity index (χ0) is 14.2. The second-order valence-electron chi connectivity index (χ2n) is 5.43. The van der Waals surface area contributed by atoms with Gasteiger partial charge in [-0.15, -0.1) is 4.52 Å². The molecule has 4 heteroatoms. The Morgan fingerprint density at radius 3 is 1.70 bits per heavy atom. The Labute approximate surface area is 138 Å². The van der Waals surface area contributed by atoms with Crippen LogP contribution in [0.2, 0.25) is 0 Å². The maximum absolute atomic E-state index is 11.6. The number of unbranched alkanes of at least 4 members (excludes halogenated alkanes) is 10. The van der Waals surface area contributed by atoms with Crippen LogP contribution in [-0.2, 0) is 9.09 Å². The van der Waals surface area contributed by atoms with Gasteiger partial charge >= 0.3 is 8.03 Å². The third-order valence-corrected chi connectivity index (χ3v) is 4.58. The van der Waals surface area contributed by atoms with Crippen LogP contribution in [0.5, 0.6) is 0 Å². The van der Waals surface area contributed by atoms with Crippen molar-refractivity contribution < 1.29 is 9.09 Å². The van der Waals surface area contributed by atoms with Gasteiger partial charge in [0, 0.05) is 0 Å². The molecular formula is C16H37AlO2P+. The Hall–Kier alpha value is 0.592. The summed E-state index contributed by atoms with van der Waals surface area (Å²) in [5.74, 6) is 0. The van der Waals surface area contributed by atoms with Gasteiger partial charge in [-0.2, -0.15) is 0 Å². The molecule has 1 atom stereocenters. The molecule has 0 spiro atoms. The molecule has 0 aromatic heterocycles. The molecule has 0 N–H and O–H groups in total. The summed E-state index contributed by atoms with van der Waals surface area (Å²) >= 11 is 0. The van der Waals surface area contributed by atoms with E-state index in [2.05, 4.69) is 13.8 Å². The van der Waals surface area contributed by atoms with Crippen molar-refractivity contribution in [2.24, 2.45) is 0 Å². The van der Waals surface area contributed by atoms with Gasteiger partial charge in [-0.25, -0.2) is 0 Å². The van der Waals surface area contributed by atoms with Crippen molar-refractivity contribution in [1.29, 1.82) is 0 Å². The van der Waals surface area contributed by atoms with Gasteiger partial charge in [0.25, 0.3) is 0 Å². The van der Waals surface area contributed by atoms with E-state index in [1.807, 2.05) is 0 Å². The molecular weight excluding hydrogens is 282 g/mol. The van der Waals surface area contributed by atoms with E-state index < -0.39 is 8.03 Å². The normalized spacial score (nSPS) is 11.2. The van der Waals surface area contributed by atoms with Gasteiger partial charge in [-0.3, -0.25) is 0 Å². The van der Waals surface area contributed by atoms with Crippen molar-refractivity contribution >= 4 is 25.4 Å². The third-order valence-electron chi connectivity index (χ3n) is 3.43. The highest BCUT2D eigenvalue weighted by Crippen LogP contribution is 2.25. The Morgan fingerprint density at radius 1 is 0.700 bits per heavy atom. The van der Waals surface area contributed by atoms with E-state index in [1.54, 1.807) is 0 Å². The molecule has 0 amide bonds. The number of rotatable bonds is 15. The monoisotopic (exact) mass is 319 g/mol. The molecule has 0 aliphatic rings. The Morgan fingerprint density at radius 2 is 1.15 bits per heavy atom. The maximum atomic E-state index is 11.6. The summed E-state index contributed by atoms with van der Waals surface area (Å²) in [7, 11) is -1.38. The molecule has 0 radical (unpaired) electrons. The van der Waals surface area contributed by atoms with Crippen molar-refractivity contribution in [1.82, 2.24) is 0 Å². The molecule has 0 rings (SSSR count). The fraction of sp³-hybridized carbons (Fsp3) is 1.00. The third kappa shape index (κ3) is 18.6. The van der Waals surface area contributed by atoms with E-state index in [0.29, 0.717) is 6.61 Å². The molecule has 0 aliphatic carbocycles. The summed E-state index contributed by atoms with van der Waals surface area (Å²) in [6, 6.07) is 0. The average Bonchev–Trinajstić information content (AvgIpc) is 2.41. The van der Waals surface area contributed by atoms with Gasteiger partial charge in [0.05, 0.1) is 0 Å². The van der Waals surface area contributed by atoms with Crippen molar-refractivity contribution in [2.75, 3.05) is 12.8 Å². The molecule has 0 aromatic rings. The Kier molecular flexibility index (Phi) is 22.4. The standard InChI is InChI=1S/C16H34O2P.Al.3H/c1-3-5-7-9-11-13-15-18-19(17)16-14-12-10-8-6-4-2;;;;/h3-16H2,1-2H3;;;;/q+1;;;;. The molecule has 1 unspecified atom stereocenters. The van der Waals surface area contributed by atoms with Crippen LogP contribution in [0.4, 0.5) is 0 Å². The molecule has 120 valence electrons. The van der Waals surface area contributed by atoms with Crippen LogP contribution in [-0.4, -0.2) is 30.1 Å². The molecule has 0 aromatic carbocycles. The van der Waals surface area contributed by atoms with Crippen LogP contribution in [0.15, 0.2) is 0 Å². The lowest BCUT2D eigenvalue weighted by atomic mass is 10.1. The van der Waals surface area contributed by atoms with Crippen molar-refractivity contribution in [3.05, 3.63) is 0 Å². The van der Waals surface area contributed by atoms with Gasteiger partial charge in [-0.1, -0.05) is 71.6 Å².